The minimum Gasteiger partial charge on any atom is -0.489 e. The topological polar surface area (TPSA) is 454 Å². The molecular formula is C80H100F12N24O16. The van der Waals surface area contributed by atoms with Gasteiger partial charge in [-0.2, -0.15) is 73.1 Å². The predicted octanol–water partition coefficient (Wildman–Crippen LogP) is 5.64. The molecule has 0 saturated carbocycles. The number of carbonyl (C=O) groups is 4. The highest BCUT2D eigenvalue weighted by Crippen LogP contribution is 2.33. The summed E-state index contributed by atoms with van der Waals surface area (Å²) in [7, 11) is 0. The molecule has 4 fully saturated rings. The van der Waals surface area contributed by atoms with Crippen molar-refractivity contribution in [1.82, 2.24) is 100 Å². The molecule has 8 aromatic rings. The van der Waals surface area contributed by atoms with Gasteiger partial charge in [-0.15, -0.1) is 0 Å². The smallest absolute Gasteiger partial charge is 0.419 e. The van der Waals surface area contributed by atoms with Gasteiger partial charge in [-0.05, 0) is 55.4 Å². The summed E-state index contributed by atoms with van der Waals surface area (Å²) in [5.74, 6) is 2.02. The average molecular weight is 1880 g/mol. The second-order valence-corrected chi connectivity index (χ2v) is 30.3. The number of hydrogen-bond acceptors (Lipinski definition) is 32. The van der Waals surface area contributed by atoms with Crippen LogP contribution in [-0.4, -0.2) is 306 Å². The molecule has 4 saturated heterocycles. The van der Waals surface area contributed by atoms with Crippen molar-refractivity contribution >= 4 is 47.4 Å². The van der Waals surface area contributed by atoms with E-state index in [9.17, 15) is 91.0 Å². The van der Waals surface area contributed by atoms with Crippen molar-refractivity contribution in [3.05, 3.63) is 160 Å². The number of aromatic nitrogens is 16. The van der Waals surface area contributed by atoms with Gasteiger partial charge in [0.2, 0.25) is 47.4 Å². The summed E-state index contributed by atoms with van der Waals surface area (Å²) in [4.78, 5) is 140. The van der Waals surface area contributed by atoms with E-state index in [2.05, 4.69) is 80.7 Å². The first kappa shape index (κ1) is 103. The number of piperazine rings is 4. The van der Waals surface area contributed by atoms with Gasteiger partial charge < -0.3 is 77.1 Å². The van der Waals surface area contributed by atoms with Crippen LogP contribution in [0.3, 0.4) is 0 Å². The minimum absolute atomic E-state index is 0.0776. The van der Waals surface area contributed by atoms with Crippen LogP contribution in [0.25, 0.3) is 0 Å². The second kappa shape index (κ2) is 48.3. The van der Waals surface area contributed by atoms with Crippen LogP contribution in [0.5, 0.6) is 23.0 Å². The lowest BCUT2D eigenvalue weighted by molar-refractivity contribution is -0.138. The summed E-state index contributed by atoms with van der Waals surface area (Å²) < 4.78 is 196. The first-order valence-electron chi connectivity index (χ1n) is 41.4. The maximum absolute atomic E-state index is 12.6. The maximum atomic E-state index is 12.6. The highest BCUT2D eigenvalue weighted by Gasteiger charge is 2.37. The lowest BCUT2D eigenvalue weighted by atomic mass is 10.3. The Morgan fingerprint density at radius 2 is 0.523 bits per heavy atom. The average Bonchev–Trinajstić information content (AvgIpc) is 0.876. The zero-order valence-corrected chi connectivity index (χ0v) is 73.0. The molecule has 4 atom stereocenters. The number of ether oxygens (including phenoxy) is 8. The standard InChI is InChI=1S/4C20H25F3N6O4/c2*1-13(12-33-16-11-26-27-18(31)14(16)2)32-8-3-17(30)28-4-6-29(7-5-28)19-24-9-15(10-25-19)20(21,22)23;2*1-13(33-16-11-26-27-18(31)14(16)2)12-32-8-3-17(30)28-4-6-29(7-5-28)19-24-9-15(10-25-19)20(21,22)23/h4*9-11,13H,3-8,12H2,1-2H3,(H,27,31)/t4*13-/m1010/s1. The molecule has 4 amide bonds. The van der Waals surface area contributed by atoms with E-state index in [1.54, 1.807) is 94.6 Å². The number of hydrogen-bond donors (Lipinski definition) is 4. The minimum atomic E-state index is -4.48. The molecule has 12 heterocycles. The van der Waals surface area contributed by atoms with Crippen molar-refractivity contribution in [3.8, 4) is 23.0 Å². The third kappa shape index (κ3) is 31.7. The molecule has 40 nitrogen and oxygen atoms in total. The van der Waals surface area contributed by atoms with E-state index in [1.807, 2.05) is 0 Å². The molecule has 8 aromatic heterocycles. The molecule has 0 radical (unpaired) electrons. The molecule has 720 valence electrons. The molecule has 52 heteroatoms. The number of amides is 4. The third-order valence-electron chi connectivity index (χ3n) is 20.4. The van der Waals surface area contributed by atoms with Crippen molar-refractivity contribution in [2.75, 3.05) is 177 Å². The van der Waals surface area contributed by atoms with Gasteiger partial charge >= 0.3 is 24.7 Å². The molecule has 4 aliphatic rings. The Kier molecular flexibility index (Phi) is 37.6. The molecule has 0 unspecified atom stereocenters. The summed E-state index contributed by atoms with van der Waals surface area (Å²) in [6, 6.07) is 0. The summed E-state index contributed by atoms with van der Waals surface area (Å²) in [5, 5.41) is 24.0. The van der Waals surface area contributed by atoms with E-state index < -0.39 is 47.0 Å². The zero-order chi connectivity index (χ0) is 96.0. The van der Waals surface area contributed by atoms with Crippen LogP contribution in [0, 0.1) is 27.7 Å². The largest absolute Gasteiger partial charge is 0.489 e. The summed E-state index contributed by atoms with van der Waals surface area (Å²) in [6.45, 7) is 22.1. The van der Waals surface area contributed by atoms with E-state index in [4.69, 9.17) is 37.9 Å². The van der Waals surface area contributed by atoms with E-state index in [0.717, 1.165) is 49.6 Å². The number of anilines is 4. The third-order valence-corrected chi connectivity index (χ3v) is 20.4. The van der Waals surface area contributed by atoms with Crippen LogP contribution in [-0.2, 0) is 62.8 Å². The number of aromatic amines is 4. The van der Waals surface area contributed by atoms with Gasteiger partial charge in [-0.1, -0.05) is 0 Å². The van der Waals surface area contributed by atoms with E-state index in [1.165, 1.54) is 24.8 Å². The van der Waals surface area contributed by atoms with Crippen LogP contribution in [0.2, 0.25) is 0 Å². The molecule has 0 aromatic carbocycles. The monoisotopic (exact) mass is 1880 g/mol. The predicted molar refractivity (Wildman–Crippen MR) is 444 cm³/mol. The summed E-state index contributed by atoms with van der Waals surface area (Å²) in [6.07, 6.45) is -6.68. The molecular weight excluding hydrogens is 1780 g/mol. The molecule has 132 heavy (non-hydrogen) atoms. The van der Waals surface area contributed by atoms with Gasteiger partial charge in [0.05, 0.1) is 147 Å². The number of rotatable bonds is 32. The van der Waals surface area contributed by atoms with Crippen molar-refractivity contribution in [3.63, 3.8) is 0 Å². The number of alkyl halides is 12. The SMILES string of the molecule is Cc1c(OC[C@@H](C)OCCC(=O)N2CCN(c3ncc(C(F)(F)F)cn3)CC2)cn[nH]c1=O.Cc1c(OC[C@H](C)OCCC(=O)N2CCN(c3ncc(C(F)(F)F)cn3)CC2)cn[nH]c1=O.Cc1c(O[C@@H](C)COCCC(=O)N2CCN(c3ncc(C(F)(F)F)cn3)CC2)cn[nH]c1=O.Cc1c(O[C@H](C)COCCC(=O)N2CCN(c3ncc(C(F)(F)F)cn3)CC2)cn[nH]c1=O. The van der Waals surface area contributed by atoms with Crippen LogP contribution in [0.4, 0.5) is 76.5 Å². The maximum Gasteiger partial charge on any atom is 0.419 e. The normalized spacial score (nSPS) is 15.4. The highest BCUT2D eigenvalue weighted by molar-refractivity contribution is 5.78. The molecule has 4 aliphatic heterocycles. The fourth-order valence-corrected chi connectivity index (χ4v) is 12.6. The molecule has 0 bridgehead atoms. The van der Waals surface area contributed by atoms with E-state index >= 15 is 0 Å². The lowest BCUT2D eigenvalue weighted by Gasteiger charge is -2.34. The van der Waals surface area contributed by atoms with Gasteiger partial charge in [0.1, 0.15) is 48.4 Å². The molecule has 4 N–H and O–H groups in total. The fourth-order valence-electron chi connectivity index (χ4n) is 12.6. The van der Waals surface area contributed by atoms with Crippen molar-refractivity contribution in [2.24, 2.45) is 0 Å². The molecule has 12 rings (SSSR count). The Hall–Kier alpha value is -12.9. The first-order chi connectivity index (χ1) is 62.6. The molecule has 0 aliphatic carbocycles. The van der Waals surface area contributed by atoms with Crippen LogP contribution in [0.1, 0.15) is 97.9 Å². The van der Waals surface area contributed by atoms with Gasteiger partial charge in [0.25, 0.3) is 22.2 Å². The van der Waals surface area contributed by atoms with Crippen molar-refractivity contribution in [1.29, 1.82) is 0 Å². The Bertz CT molecular complexity index is 4930. The van der Waals surface area contributed by atoms with Gasteiger partial charge in [0, 0.05) is 154 Å². The second-order valence-electron chi connectivity index (χ2n) is 30.3. The fraction of sp³-hybridized carbons (Fsp3) is 0.550. The quantitative estimate of drug-likeness (QED) is 0.0293. The highest BCUT2D eigenvalue weighted by atomic mass is 19.4. The summed E-state index contributed by atoms with van der Waals surface area (Å²) >= 11 is 0. The number of halogens is 12. The number of carbonyl (C=O) groups excluding carboxylic acids is 4. The van der Waals surface area contributed by atoms with Crippen LogP contribution in [0.15, 0.2) is 93.5 Å². The van der Waals surface area contributed by atoms with Crippen LogP contribution < -0.4 is 60.8 Å². The Labute approximate surface area is 745 Å². The Morgan fingerprint density at radius 3 is 0.750 bits per heavy atom. The summed E-state index contributed by atoms with van der Waals surface area (Å²) in [5.41, 5.74) is -3.19. The van der Waals surface area contributed by atoms with Crippen molar-refractivity contribution < 1.29 is 110 Å². The Morgan fingerprint density at radius 1 is 0.311 bits per heavy atom. The van der Waals surface area contributed by atoms with E-state index in [-0.39, 0.29) is 173 Å². The van der Waals surface area contributed by atoms with Gasteiger partial charge in [0.15, 0.2) is 0 Å². The molecule has 0 spiro atoms. The Balaban J connectivity index is 0.000000198. The van der Waals surface area contributed by atoms with Gasteiger partial charge in [-0.25, -0.2) is 60.3 Å². The zero-order valence-electron chi connectivity index (χ0n) is 73.0. The van der Waals surface area contributed by atoms with Crippen LogP contribution >= 0.6 is 0 Å². The number of nitrogens with one attached hydrogen (secondary N) is 4. The van der Waals surface area contributed by atoms with Gasteiger partial charge in [-0.3, -0.25) is 38.4 Å². The number of H-pyrrole nitrogens is 4. The first-order valence-corrected chi connectivity index (χ1v) is 41.4. The number of nitrogens with zero attached hydrogens (tertiary/aromatic N) is 20. The lowest BCUT2D eigenvalue weighted by Crippen LogP contribution is -2.49. The van der Waals surface area contributed by atoms with E-state index in [0.29, 0.717) is 150 Å². The van der Waals surface area contributed by atoms with Crippen molar-refractivity contribution in [2.45, 2.75) is 130 Å².